The van der Waals surface area contributed by atoms with Crippen LogP contribution in [0.2, 0.25) is 0 Å². The van der Waals surface area contributed by atoms with Crippen molar-refractivity contribution in [2.45, 2.75) is 26.4 Å². The largest absolute Gasteiger partial charge is 0.416 e. The van der Waals surface area contributed by atoms with Crippen LogP contribution in [-0.2, 0) is 11.0 Å². The van der Waals surface area contributed by atoms with Crippen LogP contribution < -0.4 is 5.32 Å². The Hall–Kier alpha value is -1.52. The molecular weight excluding hydrogens is 219 g/mol. The van der Waals surface area contributed by atoms with Gasteiger partial charge in [0.2, 0.25) is 5.91 Å². The van der Waals surface area contributed by atoms with Gasteiger partial charge in [-0.15, -0.1) is 0 Å². The van der Waals surface area contributed by atoms with Gasteiger partial charge < -0.3 is 5.32 Å². The number of benzene rings is 1. The molecule has 0 unspecified atom stereocenters. The van der Waals surface area contributed by atoms with E-state index in [1.807, 2.05) is 0 Å². The molecule has 0 radical (unpaired) electrons. The van der Waals surface area contributed by atoms with Crippen molar-refractivity contribution in [2.24, 2.45) is 0 Å². The number of hydrogen-bond donors (Lipinski definition) is 1. The lowest BCUT2D eigenvalue weighted by Gasteiger charge is -2.14. The number of alkyl halides is 3. The summed E-state index contributed by atoms with van der Waals surface area (Å²) in [7, 11) is 0. The highest BCUT2D eigenvalue weighted by Crippen LogP contribution is 2.34. The van der Waals surface area contributed by atoms with Crippen molar-refractivity contribution in [2.75, 3.05) is 5.32 Å². The van der Waals surface area contributed by atoms with Gasteiger partial charge in [-0.2, -0.15) is 13.2 Å². The van der Waals surface area contributed by atoms with Gasteiger partial charge in [-0.05, 0) is 24.6 Å². The molecule has 1 N–H and O–H groups in total. The summed E-state index contributed by atoms with van der Waals surface area (Å²) in [4.78, 5) is 11.1. The van der Waals surface area contributed by atoms with E-state index in [4.69, 9.17) is 0 Å². The first kappa shape index (κ1) is 12.5. The molecule has 0 saturated carbocycles. The summed E-state index contributed by atoms with van der Waals surface area (Å²) >= 11 is 0. The van der Waals surface area contributed by atoms with E-state index < -0.39 is 11.7 Å². The quantitative estimate of drug-likeness (QED) is 0.830. The van der Waals surface area contributed by atoms with E-state index in [0.29, 0.717) is 0 Å². The number of carbonyl (C=O) groups excluding carboxylic acids is 1. The molecule has 0 atom stereocenters. The molecule has 1 aromatic rings. The fourth-order valence-electron chi connectivity index (χ4n) is 1.32. The van der Waals surface area contributed by atoms with E-state index in [9.17, 15) is 18.0 Å². The smallest absolute Gasteiger partial charge is 0.326 e. The van der Waals surface area contributed by atoms with Crippen LogP contribution in [0.3, 0.4) is 0 Å². The summed E-state index contributed by atoms with van der Waals surface area (Å²) in [5.41, 5.74) is -0.472. The minimum atomic E-state index is -4.39. The Labute approximate surface area is 91.5 Å². The van der Waals surface area contributed by atoms with Crippen LogP contribution in [0.1, 0.15) is 24.5 Å². The van der Waals surface area contributed by atoms with Crippen molar-refractivity contribution in [3.8, 4) is 0 Å². The van der Waals surface area contributed by atoms with E-state index in [2.05, 4.69) is 5.32 Å². The number of rotatable bonds is 2. The van der Waals surface area contributed by atoms with Gasteiger partial charge in [-0.1, -0.05) is 13.0 Å². The highest BCUT2D eigenvalue weighted by molar-refractivity contribution is 5.91. The van der Waals surface area contributed by atoms with Crippen LogP contribution in [0.5, 0.6) is 0 Å². The molecule has 1 aromatic carbocycles. The van der Waals surface area contributed by atoms with Crippen LogP contribution in [-0.4, -0.2) is 5.91 Å². The van der Waals surface area contributed by atoms with Gasteiger partial charge in [0, 0.05) is 12.1 Å². The fourth-order valence-corrected chi connectivity index (χ4v) is 1.32. The molecule has 88 valence electrons. The Morgan fingerprint density at radius 3 is 2.50 bits per heavy atom. The third-order valence-corrected chi connectivity index (χ3v) is 2.23. The fraction of sp³-hybridized carbons (Fsp3) is 0.364. The van der Waals surface area contributed by atoms with Crippen LogP contribution >= 0.6 is 0 Å². The van der Waals surface area contributed by atoms with Crippen LogP contribution in [0.4, 0.5) is 18.9 Å². The zero-order chi connectivity index (χ0) is 12.3. The molecule has 5 heteroatoms. The molecule has 0 fully saturated rings. The molecule has 0 aliphatic rings. The summed E-state index contributed by atoms with van der Waals surface area (Å²) in [6.45, 7) is 2.98. The van der Waals surface area contributed by atoms with E-state index in [1.54, 1.807) is 6.92 Å². The molecule has 0 aromatic heterocycles. The second-order valence-corrected chi connectivity index (χ2v) is 3.38. The first-order valence-electron chi connectivity index (χ1n) is 4.83. The average Bonchev–Trinajstić information content (AvgIpc) is 2.19. The topological polar surface area (TPSA) is 29.1 Å². The maximum absolute atomic E-state index is 12.5. The molecule has 1 amide bonds. The Morgan fingerprint density at radius 2 is 2.00 bits per heavy atom. The standard InChI is InChI=1S/C11H12F3NO/c1-3-10(16)15-9-6-4-5-8(7(9)2)11(12,13)14/h4-6H,3H2,1-2H3,(H,15,16). The van der Waals surface area contributed by atoms with Crippen molar-refractivity contribution in [1.29, 1.82) is 0 Å². The Balaban J connectivity index is 3.09. The molecule has 1 rings (SSSR count). The highest BCUT2D eigenvalue weighted by Gasteiger charge is 2.32. The molecule has 0 heterocycles. The molecule has 2 nitrogen and oxygen atoms in total. The molecule has 0 spiro atoms. The van der Waals surface area contributed by atoms with Crippen LogP contribution in [0.15, 0.2) is 18.2 Å². The van der Waals surface area contributed by atoms with E-state index in [0.717, 1.165) is 6.07 Å². The van der Waals surface area contributed by atoms with Gasteiger partial charge in [0.05, 0.1) is 5.56 Å². The number of amides is 1. The van der Waals surface area contributed by atoms with Gasteiger partial charge >= 0.3 is 6.18 Å². The number of anilines is 1. The molecule has 0 aliphatic heterocycles. The normalized spacial score (nSPS) is 11.3. The maximum Gasteiger partial charge on any atom is 0.416 e. The lowest BCUT2D eigenvalue weighted by molar-refractivity contribution is -0.138. The van der Waals surface area contributed by atoms with Crippen LogP contribution in [0, 0.1) is 6.92 Å². The zero-order valence-corrected chi connectivity index (χ0v) is 8.98. The van der Waals surface area contributed by atoms with Crippen molar-refractivity contribution < 1.29 is 18.0 Å². The Kier molecular flexibility index (Phi) is 3.57. The SMILES string of the molecule is CCC(=O)Nc1cccc(C(F)(F)F)c1C. The van der Waals surface area contributed by atoms with Gasteiger partial charge in [0.1, 0.15) is 0 Å². The summed E-state index contributed by atoms with van der Waals surface area (Å²) in [5, 5.41) is 2.43. The summed E-state index contributed by atoms with van der Waals surface area (Å²) < 4.78 is 37.6. The van der Waals surface area contributed by atoms with Gasteiger partial charge in [0.25, 0.3) is 0 Å². The lowest BCUT2D eigenvalue weighted by atomic mass is 10.1. The molecule has 0 bridgehead atoms. The molecule has 0 saturated heterocycles. The Bertz CT molecular complexity index is 399. The maximum atomic E-state index is 12.5. The van der Waals surface area contributed by atoms with E-state index in [1.165, 1.54) is 19.1 Å². The summed E-state index contributed by atoms with van der Waals surface area (Å²) in [6, 6.07) is 3.73. The van der Waals surface area contributed by atoms with E-state index >= 15 is 0 Å². The van der Waals surface area contributed by atoms with Crippen LogP contribution in [0.25, 0.3) is 0 Å². The average molecular weight is 231 g/mol. The summed E-state index contributed by atoms with van der Waals surface area (Å²) in [6.07, 6.45) is -4.16. The minimum Gasteiger partial charge on any atom is -0.326 e. The number of nitrogens with one attached hydrogen (secondary N) is 1. The first-order valence-corrected chi connectivity index (χ1v) is 4.83. The van der Waals surface area contributed by atoms with E-state index in [-0.39, 0.29) is 23.6 Å². The van der Waals surface area contributed by atoms with Crippen molar-refractivity contribution in [1.82, 2.24) is 0 Å². The van der Waals surface area contributed by atoms with Gasteiger partial charge in [-0.25, -0.2) is 0 Å². The number of halogens is 3. The second kappa shape index (κ2) is 4.55. The lowest BCUT2D eigenvalue weighted by Crippen LogP contribution is -2.14. The minimum absolute atomic E-state index is 0.0387. The zero-order valence-electron chi connectivity index (χ0n) is 8.98. The third kappa shape index (κ3) is 2.74. The number of carbonyl (C=O) groups is 1. The van der Waals surface area contributed by atoms with Crippen molar-refractivity contribution in [3.63, 3.8) is 0 Å². The third-order valence-electron chi connectivity index (χ3n) is 2.23. The summed E-state index contributed by atoms with van der Waals surface area (Å²) in [5.74, 6) is -0.303. The predicted molar refractivity (Wildman–Crippen MR) is 55.1 cm³/mol. The monoisotopic (exact) mass is 231 g/mol. The highest BCUT2D eigenvalue weighted by atomic mass is 19.4. The Morgan fingerprint density at radius 1 is 1.38 bits per heavy atom. The molecule has 0 aliphatic carbocycles. The molecule has 16 heavy (non-hydrogen) atoms. The van der Waals surface area contributed by atoms with Gasteiger partial charge in [-0.3, -0.25) is 4.79 Å². The second-order valence-electron chi connectivity index (χ2n) is 3.38. The van der Waals surface area contributed by atoms with Gasteiger partial charge in [0.15, 0.2) is 0 Å². The van der Waals surface area contributed by atoms with Crippen molar-refractivity contribution >= 4 is 11.6 Å². The number of hydrogen-bond acceptors (Lipinski definition) is 1. The molecular formula is C11H12F3NO. The van der Waals surface area contributed by atoms with Crippen molar-refractivity contribution in [3.05, 3.63) is 29.3 Å². The predicted octanol–water partition coefficient (Wildman–Crippen LogP) is 3.36. The first-order chi connectivity index (χ1) is 7.36.